The van der Waals surface area contributed by atoms with Crippen LogP contribution in [0.5, 0.6) is 5.75 Å². The fraction of sp³-hybridized carbons (Fsp3) is 0.391. The summed E-state index contributed by atoms with van der Waals surface area (Å²) in [4.78, 5) is 26.4. The van der Waals surface area contributed by atoms with Crippen molar-refractivity contribution >= 4 is 33.2 Å². The summed E-state index contributed by atoms with van der Waals surface area (Å²) in [6.45, 7) is 1.99. The monoisotopic (exact) mass is 473 g/mol. The summed E-state index contributed by atoms with van der Waals surface area (Å²) in [5, 5.41) is 2.77. The molecule has 1 N–H and O–H groups in total. The first kappa shape index (κ1) is 23.2. The summed E-state index contributed by atoms with van der Waals surface area (Å²) in [6.07, 6.45) is 1.51. The van der Waals surface area contributed by atoms with Crippen LogP contribution in [0.3, 0.4) is 0 Å². The van der Waals surface area contributed by atoms with Crippen LogP contribution >= 0.6 is 0 Å². The van der Waals surface area contributed by atoms with Crippen LogP contribution in [0.25, 0.3) is 0 Å². The Balaban J connectivity index is 1.47. The second kappa shape index (κ2) is 9.90. The molecule has 0 radical (unpaired) electrons. The van der Waals surface area contributed by atoms with Crippen molar-refractivity contribution in [3.05, 3.63) is 48.0 Å². The van der Waals surface area contributed by atoms with E-state index in [1.165, 1.54) is 29.6 Å². The molecule has 0 spiro atoms. The first-order chi connectivity index (χ1) is 15.9. The molecule has 2 aromatic carbocycles. The van der Waals surface area contributed by atoms with Gasteiger partial charge in [-0.25, -0.2) is 8.42 Å². The Labute approximate surface area is 193 Å². The normalized spacial score (nSPS) is 17.2. The smallest absolute Gasteiger partial charge is 0.243 e. The van der Waals surface area contributed by atoms with Gasteiger partial charge >= 0.3 is 0 Å². The molecule has 0 aliphatic carbocycles. The molecular formula is C23H27N3O6S. The maximum Gasteiger partial charge on any atom is 0.243 e. The number of carbonyl (C=O) groups is 2. The molecule has 0 saturated carbocycles. The number of anilines is 2. The zero-order valence-corrected chi connectivity index (χ0v) is 19.3. The minimum Gasteiger partial charge on any atom is -0.495 e. The lowest BCUT2D eigenvalue weighted by atomic mass is 10.1. The number of hydrogen-bond donors (Lipinski definition) is 1. The molecule has 176 valence electrons. The van der Waals surface area contributed by atoms with E-state index in [4.69, 9.17) is 9.47 Å². The topological polar surface area (TPSA) is 105 Å². The van der Waals surface area contributed by atoms with Crippen molar-refractivity contribution in [2.24, 2.45) is 0 Å². The zero-order valence-electron chi connectivity index (χ0n) is 18.5. The maximum atomic E-state index is 13.0. The van der Waals surface area contributed by atoms with Crippen LogP contribution in [0.15, 0.2) is 47.4 Å². The number of amides is 2. The molecule has 2 saturated heterocycles. The molecule has 4 rings (SSSR count). The van der Waals surface area contributed by atoms with Gasteiger partial charge in [0.15, 0.2) is 0 Å². The van der Waals surface area contributed by atoms with Gasteiger partial charge in [0.05, 0.1) is 37.3 Å². The molecule has 0 aromatic heterocycles. The number of sulfonamides is 1. The fourth-order valence-corrected chi connectivity index (χ4v) is 5.41. The van der Waals surface area contributed by atoms with Gasteiger partial charge in [-0.2, -0.15) is 4.31 Å². The average molecular weight is 474 g/mol. The summed E-state index contributed by atoms with van der Waals surface area (Å²) < 4.78 is 37.9. The third-order valence-corrected chi connectivity index (χ3v) is 7.63. The number of morpholine rings is 1. The lowest BCUT2D eigenvalue weighted by Gasteiger charge is -2.26. The van der Waals surface area contributed by atoms with E-state index in [0.29, 0.717) is 31.9 Å². The lowest BCUT2D eigenvalue weighted by Crippen LogP contribution is -2.40. The predicted molar refractivity (Wildman–Crippen MR) is 123 cm³/mol. The van der Waals surface area contributed by atoms with Crippen LogP contribution < -0.4 is 15.0 Å². The van der Waals surface area contributed by atoms with Crippen molar-refractivity contribution in [2.45, 2.75) is 24.2 Å². The summed E-state index contributed by atoms with van der Waals surface area (Å²) in [6, 6.07) is 11.7. The predicted octanol–water partition coefficient (Wildman–Crippen LogP) is 2.02. The number of hydrogen-bond acceptors (Lipinski definition) is 6. The third kappa shape index (κ3) is 5.18. The highest BCUT2D eigenvalue weighted by Crippen LogP contribution is 2.29. The summed E-state index contributed by atoms with van der Waals surface area (Å²) in [5.74, 6) is 0.172. The Kier molecular flexibility index (Phi) is 6.96. The molecule has 2 aromatic rings. The van der Waals surface area contributed by atoms with Crippen molar-refractivity contribution in [3.63, 3.8) is 0 Å². The number of nitrogens with zero attached hydrogens (tertiary/aromatic N) is 2. The standard InChI is InChI=1S/C23H27N3O6S/c1-31-21-9-8-19(33(29,30)25-11-13-32-14-12-25)16-20(21)24-22(27)15-17-4-6-18(7-5-17)26-10-2-3-23(26)28/h4-9,16H,2-3,10-15H2,1H3,(H,24,27). The summed E-state index contributed by atoms with van der Waals surface area (Å²) >= 11 is 0. The highest BCUT2D eigenvalue weighted by atomic mass is 32.2. The van der Waals surface area contributed by atoms with Gasteiger partial charge in [-0.15, -0.1) is 0 Å². The molecule has 2 heterocycles. The minimum absolute atomic E-state index is 0.0835. The molecule has 33 heavy (non-hydrogen) atoms. The van der Waals surface area contributed by atoms with Crippen LogP contribution in [0, 0.1) is 0 Å². The highest BCUT2D eigenvalue weighted by molar-refractivity contribution is 7.89. The highest BCUT2D eigenvalue weighted by Gasteiger charge is 2.27. The minimum atomic E-state index is -3.71. The van der Waals surface area contributed by atoms with E-state index in [9.17, 15) is 18.0 Å². The van der Waals surface area contributed by atoms with E-state index in [0.717, 1.165) is 17.7 Å². The van der Waals surface area contributed by atoms with E-state index in [1.807, 2.05) is 24.3 Å². The molecule has 0 atom stereocenters. The Morgan fingerprint density at radius 3 is 2.45 bits per heavy atom. The zero-order chi connectivity index (χ0) is 23.4. The van der Waals surface area contributed by atoms with Crippen LogP contribution in [-0.4, -0.2) is 64.5 Å². The van der Waals surface area contributed by atoms with Crippen LogP contribution in [0.2, 0.25) is 0 Å². The number of ether oxygens (including phenoxy) is 2. The van der Waals surface area contributed by atoms with Crippen molar-refractivity contribution in [2.75, 3.05) is 50.2 Å². The first-order valence-corrected chi connectivity index (χ1v) is 12.3. The van der Waals surface area contributed by atoms with Crippen LogP contribution in [0.1, 0.15) is 18.4 Å². The molecule has 2 fully saturated rings. The second-order valence-corrected chi connectivity index (χ2v) is 9.86. The molecule has 2 aliphatic rings. The average Bonchev–Trinajstić information content (AvgIpc) is 3.26. The van der Waals surface area contributed by atoms with Crippen molar-refractivity contribution in [1.29, 1.82) is 0 Å². The Morgan fingerprint density at radius 1 is 1.09 bits per heavy atom. The molecule has 10 heteroatoms. The lowest BCUT2D eigenvalue weighted by molar-refractivity contribution is -0.117. The number of benzene rings is 2. The van der Waals surface area contributed by atoms with E-state index >= 15 is 0 Å². The van der Waals surface area contributed by atoms with Gasteiger partial charge in [-0.3, -0.25) is 9.59 Å². The first-order valence-electron chi connectivity index (χ1n) is 10.8. The number of methoxy groups -OCH3 is 1. The quantitative estimate of drug-likeness (QED) is 0.660. The molecule has 2 amide bonds. The van der Waals surface area contributed by atoms with E-state index in [1.54, 1.807) is 4.90 Å². The van der Waals surface area contributed by atoms with E-state index < -0.39 is 10.0 Å². The molecule has 2 aliphatic heterocycles. The number of nitrogens with one attached hydrogen (secondary N) is 1. The molecule has 0 unspecified atom stereocenters. The number of rotatable bonds is 7. The van der Waals surface area contributed by atoms with Gasteiger partial charge in [0, 0.05) is 31.7 Å². The van der Waals surface area contributed by atoms with Gasteiger partial charge in [0.25, 0.3) is 0 Å². The SMILES string of the molecule is COc1ccc(S(=O)(=O)N2CCOCC2)cc1NC(=O)Cc1ccc(N2CCCC2=O)cc1. The number of carbonyl (C=O) groups excluding carboxylic acids is 2. The second-order valence-electron chi connectivity index (χ2n) is 7.92. The van der Waals surface area contributed by atoms with Gasteiger partial charge in [0.2, 0.25) is 21.8 Å². The van der Waals surface area contributed by atoms with E-state index in [2.05, 4.69) is 5.32 Å². The van der Waals surface area contributed by atoms with Crippen molar-refractivity contribution in [3.8, 4) is 5.75 Å². The van der Waals surface area contributed by atoms with Crippen LogP contribution in [-0.2, 0) is 30.8 Å². The van der Waals surface area contributed by atoms with Crippen molar-refractivity contribution < 1.29 is 27.5 Å². The van der Waals surface area contributed by atoms with E-state index in [-0.39, 0.29) is 41.9 Å². The van der Waals surface area contributed by atoms with Crippen LogP contribution in [0.4, 0.5) is 11.4 Å². The third-order valence-electron chi connectivity index (χ3n) is 5.74. The van der Waals surface area contributed by atoms with Gasteiger partial charge in [-0.1, -0.05) is 12.1 Å². The molecule has 0 bridgehead atoms. The summed E-state index contributed by atoms with van der Waals surface area (Å²) in [7, 11) is -2.25. The maximum absolute atomic E-state index is 13.0. The van der Waals surface area contributed by atoms with Gasteiger partial charge in [-0.05, 0) is 42.3 Å². The molecular weight excluding hydrogens is 446 g/mol. The summed E-state index contributed by atoms with van der Waals surface area (Å²) in [5.41, 5.74) is 1.89. The largest absolute Gasteiger partial charge is 0.495 e. The Morgan fingerprint density at radius 2 is 1.82 bits per heavy atom. The molecule has 9 nitrogen and oxygen atoms in total. The Hall–Kier alpha value is -2.95. The van der Waals surface area contributed by atoms with Gasteiger partial charge < -0.3 is 19.7 Å². The Bertz CT molecular complexity index is 1130. The fourth-order valence-electron chi connectivity index (χ4n) is 3.98. The van der Waals surface area contributed by atoms with Gasteiger partial charge in [0.1, 0.15) is 5.75 Å². The van der Waals surface area contributed by atoms with Crippen molar-refractivity contribution in [1.82, 2.24) is 4.31 Å².